The third kappa shape index (κ3) is 3.31. The molecule has 0 saturated heterocycles. The van der Waals surface area contributed by atoms with Crippen LogP contribution in [0.3, 0.4) is 0 Å². The van der Waals surface area contributed by atoms with Crippen LogP contribution in [0.15, 0.2) is 18.3 Å². The van der Waals surface area contributed by atoms with Crippen molar-refractivity contribution in [2.24, 2.45) is 5.92 Å². The van der Waals surface area contributed by atoms with Crippen LogP contribution in [-0.2, 0) is 0 Å². The number of nitrogens with zero attached hydrogens (tertiary/aromatic N) is 2. The summed E-state index contributed by atoms with van der Waals surface area (Å²) in [5, 5.41) is 10.2. The van der Waals surface area contributed by atoms with E-state index in [4.69, 9.17) is 0 Å². The predicted octanol–water partition coefficient (Wildman–Crippen LogP) is 1.40. The summed E-state index contributed by atoms with van der Waals surface area (Å²) in [7, 11) is 0. The lowest BCUT2D eigenvalue weighted by molar-refractivity contribution is 0.0947. The summed E-state index contributed by atoms with van der Waals surface area (Å²) in [6.07, 6.45) is 6.61. The fourth-order valence-electron chi connectivity index (χ4n) is 1.51. The third-order valence-corrected chi connectivity index (χ3v) is 2.58. The summed E-state index contributed by atoms with van der Waals surface area (Å²) >= 11 is 0. The molecule has 2 rings (SSSR count). The molecule has 0 atom stereocenters. The van der Waals surface area contributed by atoms with Gasteiger partial charge in [0.2, 0.25) is 0 Å². The number of nitrogens with one attached hydrogen (secondary N) is 1. The first kappa shape index (κ1) is 10.1. The Morgan fingerprint density at radius 3 is 3.07 bits per heavy atom. The van der Waals surface area contributed by atoms with Gasteiger partial charge in [-0.2, -0.15) is 5.10 Å². The highest BCUT2D eigenvalue weighted by Gasteiger charge is 2.20. The molecular weight excluding hydrogens is 190 g/mol. The van der Waals surface area contributed by atoms with Crippen LogP contribution in [0.4, 0.5) is 0 Å². The van der Waals surface area contributed by atoms with Crippen molar-refractivity contribution in [3.05, 3.63) is 24.0 Å². The van der Waals surface area contributed by atoms with Gasteiger partial charge in [0.25, 0.3) is 5.91 Å². The number of hydrogen-bond donors (Lipinski definition) is 1. The minimum atomic E-state index is -0.126. The molecule has 1 saturated carbocycles. The van der Waals surface area contributed by atoms with E-state index < -0.39 is 0 Å². The van der Waals surface area contributed by atoms with Crippen molar-refractivity contribution in [3.63, 3.8) is 0 Å². The second-order valence-corrected chi connectivity index (χ2v) is 3.95. The van der Waals surface area contributed by atoms with Crippen molar-refractivity contribution in [2.75, 3.05) is 6.54 Å². The van der Waals surface area contributed by atoms with Gasteiger partial charge >= 0.3 is 0 Å². The maximum atomic E-state index is 11.5. The number of carbonyl (C=O) groups is 1. The van der Waals surface area contributed by atoms with E-state index in [0.717, 1.165) is 18.9 Å². The number of hydrogen-bond acceptors (Lipinski definition) is 3. The van der Waals surface area contributed by atoms with E-state index in [0.29, 0.717) is 5.69 Å². The molecule has 0 bridgehead atoms. The molecule has 1 heterocycles. The summed E-state index contributed by atoms with van der Waals surface area (Å²) in [6.45, 7) is 0.742. The van der Waals surface area contributed by atoms with Crippen molar-refractivity contribution in [1.82, 2.24) is 15.5 Å². The van der Waals surface area contributed by atoms with Crippen molar-refractivity contribution in [3.8, 4) is 0 Å². The highest BCUT2D eigenvalue weighted by molar-refractivity contribution is 5.91. The molecule has 0 unspecified atom stereocenters. The van der Waals surface area contributed by atoms with Gasteiger partial charge in [-0.3, -0.25) is 4.79 Å². The number of carbonyl (C=O) groups excluding carboxylic acids is 1. The molecule has 1 aliphatic carbocycles. The maximum Gasteiger partial charge on any atom is 0.271 e. The van der Waals surface area contributed by atoms with Crippen molar-refractivity contribution in [2.45, 2.75) is 25.7 Å². The van der Waals surface area contributed by atoms with Gasteiger partial charge in [-0.25, -0.2) is 0 Å². The Morgan fingerprint density at radius 1 is 1.53 bits per heavy atom. The van der Waals surface area contributed by atoms with E-state index in [-0.39, 0.29) is 5.91 Å². The van der Waals surface area contributed by atoms with Crippen LogP contribution in [0.25, 0.3) is 0 Å². The molecule has 1 aromatic heterocycles. The Morgan fingerprint density at radius 2 is 2.40 bits per heavy atom. The van der Waals surface area contributed by atoms with Gasteiger partial charge in [-0.05, 0) is 30.9 Å². The second kappa shape index (κ2) is 4.87. The topological polar surface area (TPSA) is 54.9 Å². The highest BCUT2D eigenvalue weighted by atomic mass is 16.1. The predicted molar refractivity (Wildman–Crippen MR) is 56.3 cm³/mol. The highest BCUT2D eigenvalue weighted by Crippen LogP contribution is 2.33. The summed E-state index contributed by atoms with van der Waals surface area (Å²) in [4.78, 5) is 11.5. The lowest BCUT2D eigenvalue weighted by atomic mass is 10.2. The Labute approximate surface area is 89.1 Å². The molecule has 1 aliphatic rings. The molecule has 80 valence electrons. The molecule has 0 aromatic carbocycles. The average Bonchev–Trinajstić information content (AvgIpc) is 3.09. The van der Waals surface area contributed by atoms with E-state index in [1.165, 1.54) is 19.3 Å². The number of rotatable bonds is 5. The van der Waals surface area contributed by atoms with E-state index in [1.54, 1.807) is 18.3 Å². The lowest BCUT2D eigenvalue weighted by Crippen LogP contribution is -2.25. The van der Waals surface area contributed by atoms with Crippen LogP contribution < -0.4 is 5.32 Å². The van der Waals surface area contributed by atoms with E-state index in [2.05, 4.69) is 15.5 Å². The monoisotopic (exact) mass is 205 g/mol. The van der Waals surface area contributed by atoms with Crippen LogP contribution in [-0.4, -0.2) is 22.6 Å². The van der Waals surface area contributed by atoms with Crippen molar-refractivity contribution >= 4 is 5.91 Å². The Balaban J connectivity index is 1.67. The van der Waals surface area contributed by atoms with Gasteiger partial charge in [0, 0.05) is 12.7 Å². The zero-order valence-corrected chi connectivity index (χ0v) is 8.65. The van der Waals surface area contributed by atoms with Gasteiger partial charge in [-0.15, -0.1) is 5.10 Å². The summed E-state index contributed by atoms with van der Waals surface area (Å²) in [5.74, 6) is 0.803. The molecule has 15 heavy (non-hydrogen) atoms. The van der Waals surface area contributed by atoms with Crippen molar-refractivity contribution in [1.29, 1.82) is 0 Å². The van der Waals surface area contributed by atoms with Gasteiger partial charge < -0.3 is 5.32 Å². The first-order chi connectivity index (χ1) is 7.36. The Hall–Kier alpha value is -1.45. The molecule has 4 nitrogen and oxygen atoms in total. The lowest BCUT2D eigenvalue weighted by Gasteiger charge is -2.02. The molecule has 0 radical (unpaired) electrons. The first-order valence-corrected chi connectivity index (χ1v) is 5.42. The second-order valence-electron chi connectivity index (χ2n) is 3.95. The molecule has 1 N–H and O–H groups in total. The van der Waals surface area contributed by atoms with Gasteiger partial charge in [0.15, 0.2) is 5.69 Å². The van der Waals surface area contributed by atoms with Gasteiger partial charge in [0.1, 0.15) is 0 Å². The largest absolute Gasteiger partial charge is 0.351 e. The Kier molecular flexibility index (Phi) is 3.27. The first-order valence-electron chi connectivity index (χ1n) is 5.42. The molecule has 1 aromatic rings. The molecule has 1 amide bonds. The minimum Gasteiger partial charge on any atom is -0.351 e. The zero-order valence-electron chi connectivity index (χ0n) is 8.65. The van der Waals surface area contributed by atoms with Crippen molar-refractivity contribution < 1.29 is 4.79 Å². The molecule has 4 heteroatoms. The van der Waals surface area contributed by atoms with Gasteiger partial charge in [-0.1, -0.05) is 12.8 Å². The SMILES string of the molecule is O=C(NCCCC1CC1)c1cccnn1. The normalized spacial score (nSPS) is 14.9. The van der Waals surface area contributed by atoms with Gasteiger partial charge in [0.05, 0.1) is 0 Å². The molecule has 1 fully saturated rings. The number of aromatic nitrogens is 2. The Bertz CT molecular complexity index is 322. The summed E-state index contributed by atoms with van der Waals surface area (Å²) < 4.78 is 0. The summed E-state index contributed by atoms with van der Waals surface area (Å²) in [5.41, 5.74) is 0.393. The fraction of sp³-hybridized carbons (Fsp3) is 0.545. The third-order valence-electron chi connectivity index (χ3n) is 2.58. The van der Waals surface area contributed by atoms with E-state index >= 15 is 0 Å². The van der Waals surface area contributed by atoms with Crippen LogP contribution >= 0.6 is 0 Å². The molecular formula is C11H15N3O. The van der Waals surface area contributed by atoms with Crippen LogP contribution in [0.2, 0.25) is 0 Å². The average molecular weight is 205 g/mol. The van der Waals surface area contributed by atoms with E-state index in [9.17, 15) is 4.79 Å². The quantitative estimate of drug-likeness (QED) is 0.739. The minimum absolute atomic E-state index is 0.126. The smallest absolute Gasteiger partial charge is 0.271 e. The number of amides is 1. The zero-order chi connectivity index (χ0) is 10.5. The fourth-order valence-corrected chi connectivity index (χ4v) is 1.51. The molecule has 0 spiro atoms. The standard InChI is InChI=1S/C11H15N3O/c15-11(10-4-2-8-13-14-10)12-7-1-3-9-5-6-9/h2,4,8-9H,1,3,5-7H2,(H,12,15). The van der Waals surface area contributed by atoms with E-state index in [1.807, 2.05) is 0 Å². The maximum absolute atomic E-state index is 11.5. The van der Waals surface area contributed by atoms with Crippen LogP contribution in [0.5, 0.6) is 0 Å². The van der Waals surface area contributed by atoms with Crippen LogP contribution in [0, 0.1) is 5.92 Å². The van der Waals surface area contributed by atoms with Crippen LogP contribution in [0.1, 0.15) is 36.2 Å². The molecule has 0 aliphatic heterocycles. The summed E-state index contributed by atoms with van der Waals surface area (Å²) in [6, 6.07) is 3.38.